The summed E-state index contributed by atoms with van der Waals surface area (Å²) < 4.78 is 16.7. The Morgan fingerprint density at radius 3 is 2.80 bits per heavy atom. The zero-order chi connectivity index (χ0) is 15.1. The van der Waals surface area contributed by atoms with Gasteiger partial charge in [0.05, 0.1) is 17.9 Å². The largest absolute Gasteiger partial charge is 0.491 e. The summed E-state index contributed by atoms with van der Waals surface area (Å²) in [6.07, 6.45) is 2.33. The van der Waals surface area contributed by atoms with Crippen molar-refractivity contribution in [1.82, 2.24) is 5.32 Å². The lowest BCUT2D eigenvalue weighted by Gasteiger charge is -2.13. The Balaban J connectivity index is 2.68. The number of anilines is 1. The molecule has 1 aromatic carbocycles. The van der Waals surface area contributed by atoms with Gasteiger partial charge in [-0.3, -0.25) is 9.00 Å². The number of hydrogen-bond donors (Lipinski definition) is 2. The number of amides is 1. The molecule has 0 heterocycles. The Hall–Kier alpha value is -1.56. The summed E-state index contributed by atoms with van der Waals surface area (Å²) in [4.78, 5) is 12.1. The first-order valence-electron chi connectivity index (χ1n) is 6.59. The van der Waals surface area contributed by atoms with Crippen molar-refractivity contribution < 1.29 is 13.7 Å². The molecule has 3 N–H and O–H groups in total. The van der Waals surface area contributed by atoms with Crippen LogP contribution < -0.4 is 15.8 Å². The number of para-hydroxylation sites is 1. The van der Waals surface area contributed by atoms with Gasteiger partial charge in [-0.2, -0.15) is 0 Å². The summed E-state index contributed by atoms with van der Waals surface area (Å²) in [6, 6.07) is 5.10. The first-order chi connectivity index (χ1) is 9.47. The Morgan fingerprint density at radius 2 is 2.20 bits per heavy atom. The third-order valence-electron chi connectivity index (χ3n) is 2.98. The number of nitrogens with two attached hydrogens (primary N) is 1. The molecule has 6 heteroatoms. The Morgan fingerprint density at radius 1 is 1.50 bits per heavy atom. The van der Waals surface area contributed by atoms with Gasteiger partial charge in [0.2, 0.25) is 0 Å². The molecule has 0 spiro atoms. The fourth-order valence-corrected chi connectivity index (χ4v) is 2.14. The van der Waals surface area contributed by atoms with Gasteiger partial charge in [0.1, 0.15) is 0 Å². The van der Waals surface area contributed by atoms with Gasteiger partial charge in [0.25, 0.3) is 5.91 Å². The minimum atomic E-state index is -0.877. The minimum absolute atomic E-state index is 0.0579. The van der Waals surface area contributed by atoms with E-state index in [0.29, 0.717) is 36.6 Å². The van der Waals surface area contributed by atoms with E-state index < -0.39 is 10.8 Å². The molecule has 5 nitrogen and oxygen atoms in total. The van der Waals surface area contributed by atoms with Crippen molar-refractivity contribution in [1.29, 1.82) is 0 Å². The second-order valence-corrected chi connectivity index (χ2v) is 6.31. The van der Waals surface area contributed by atoms with Crippen LogP contribution in [-0.2, 0) is 10.8 Å². The van der Waals surface area contributed by atoms with Crippen LogP contribution in [0.4, 0.5) is 5.69 Å². The van der Waals surface area contributed by atoms with Crippen molar-refractivity contribution >= 4 is 22.4 Å². The van der Waals surface area contributed by atoms with Crippen molar-refractivity contribution in [3.63, 3.8) is 0 Å². The maximum atomic E-state index is 12.1. The molecule has 0 aliphatic rings. The molecule has 0 fully saturated rings. The van der Waals surface area contributed by atoms with Gasteiger partial charge < -0.3 is 15.8 Å². The van der Waals surface area contributed by atoms with E-state index in [4.69, 9.17) is 10.5 Å². The van der Waals surface area contributed by atoms with Crippen molar-refractivity contribution in [2.75, 3.05) is 25.1 Å². The smallest absolute Gasteiger partial charge is 0.255 e. The van der Waals surface area contributed by atoms with Gasteiger partial charge in [0, 0.05) is 28.9 Å². The third-order valence-corrected chi connectivity index (χ3v) is 4.35. The Bertz CT molecular complexity index is 491. The van der Waals surface area contributed by atoms with Gasteiger partial charge in [-0.1, -0.05) is 13.0 Å². The van der Waals surface area contributed by atoms with Gasteiger partial charge in [0.15, 0.2) is 5.75 Å². The molecule has 1 rings (SSSR count). The van der Waals surface area contributed by atoms with Crippen LogP contribution in [0.3, 0.4) is 0 Å². The second kappa shape index (κ2) is 7.89. The van der Waals surface area contributed by atoms with E-state index in [1.165, 1.54) is 0 Å². The fraction of sp³-hybridized carbons (Fsp3) is 0.500. The highest BCUT2D eigenvalue weighted by molar-refractivity contribution is 7.84. The summed E-state index contributed by atoms with van der Waals surface area (Å²) in [7, 11) is -0.877. The van der Waals surface area contributed by atoms with Gasteiger partial charge >= 0.3 is 0 Å². The highest BCUT2D eigenvalue weighted by Crippen LogP contribution is 2.26. The molecular formula is C14H22N2O3S. The first-order valence-corrected chi connectivity index (χ1v) is 8.21. The summed E-state index contributed by atoms with van der Waals surface area (Å²) in [5.41, 5.74) is 6.69. The predicted octanol–water partition coefficient (Wildman–Crippen LogP) is 1.55. The van der Waals surface area contributed by atoms with Crippen LogP contribution in [-0.4, -0.2) is 34.8 Å². The monoisotopic (exact) mass is 298 g/mol. The van der Waals surface area contributed by atoms with Crippen LogP contribution in [0.15, 0.2) is 18.2 Å². The molecular weight excluding hydrogens is 276 g/mol. The maximum absolute atomic E-state index is 12.1. The van der Waals surface area contributed by atoms with Crippen molar-refractivity contribution in [3.05, 3.63) is 23.8 Å². The molecule has 0 aliphatic heterocycles. The molecule has 1 amide bonds. The second-order valence-electron chi connectivity index (χ2n) is 4.51. The highest BCUT2D eigenvalue weighted by Gasteiger charge is 2.15. The van der Waals surface area contributed by atoms with Crippen LogP contribution in [0, 0.1) is 0 Å². The number of nitrogen functional groups attached to an aromatic ring is 1. The van der Waals surface area contributed by atoms with E-state index in [1.54, 1.807) is 24.5 Å². The van der Waals surface area contributed by atoms with E-state index in [0.717, 1.165) is 0 Å². The standard InChI is InChI=1S/C14H22N2O3S/c1-4-19-13-11(6-5-7-12(13)15)14(17)16-9-8-10(2)20(3)18/h5-7,10H,4,8-9,15H2,1-3H3,(H,16,17). The van der Waals surface area contributed by atoms with E-state index in [-0.39, 0.29) is 11.2 Å². The number of carbonyl (C=O) groups excluding carboxylic acids is 1. The third kappa shape index (κ3) is 4.52. The molecule has 2 unspecified atom stereocenters. The van der Waals surface area contributed by atoms with E-state index >= 15 is 0 Å². The van der Waals surface area contributed by atoms with Gasteiger partial charge in [-0.25, -0.2) is 0 Å². The zero-order valence-corrected chi connectivity index (χ0v) is 13.0. The van der Waals surface area contributed by atoms with Crippen LogP contribution in [0.1, 0.15) is 30.6 Å². The predicted molar refractivity (Wildman–Crippen MR) is 82.5 cm³/mol. The molecule has 1 aromatic rings. The van der Waals surface area contributed by atoms with Crippen molar-refractivity contribution in [2.45, 2.75) is 25.5 Å². The molecule has 0 aliphatic carbocycles. The average Bonchev–Trinajstić information content (AvgIpc) is 2.40. The lowest BCUT2D eigenvalue weighted by Crippen LogP contribution is -2.28. The Labute approximate surface area is 122 Å². The van der Waals surface area contributed by atoms with Crippen molar-refractivity contribution in [3.8, 4) is 5.75 Å². The molecule has 0 saturated carbocycles. The van der Waals surface area contributed by atoms with Crippen LogP contribution >= 0.6 is 0 Å². The minimum Gasteiger partial charge on any atom is -0.491 e. The zero-order valence-electron chi connectivity index (χ0n) is 12.1. The van der Waals surface area contributed by atoms with E-state index in [1.807, 2.05) is 13.8 Å². The lowest BCUT2D eigenvalue weighted by molar-refractivity contribution is 0.0949. The van der Waals surface area contributed by atoms with E-state index in [9.17, 15) is 9.00 Å². The van der Waals surface area contributed by atoms with Gasteiger partial charge in [-0.05, 0) is 25.5 Å². The number of nitrogens with one attached hydrogen (secondary N) is 1. The average molecular weight is 298 g/mol. The number of rotatable bonds is 7. The number of benzene rings is 1. The molecule has 0 radical (unpaired) electrons. The molecule has 112 valence electrons. The normalized spacial score (nSPS) is 13.6. The quantitative estimate of drug-likeness (QED) is 0.748. The lowest BCUT2D eigenvalue weighted by atomic mass is 10.1. The number of hydrogen-bond acceptors (Lipinski definition) is 4. The SMILES string of the molecule is CCOc1c(N)cccc1C(=O)NCCC(C)S(C)=O. The number of ether oxygens (including phenoxy) is 1. The molecule has 20 heavy (non-hydrogen) atoms. The maximum Gasteiger partial charge on any atom is 0.255 e. The number of carbonyl (C=O) groups is 1. The summed E-state index contributed by atoms with van der Waals surface area (Å²) in [5, 5.41) is 2.86. The van der Waals surface area contributed by atoms with Crippen LogP contribution in [0.5, 0.6) is 5.75 Å². The summed E-state index contributed by atoms with van der Waals surface area (Å²) >= 11 is 0. The first kappa shape index (κ1) is 16.5. The molecule has 0 bridgehead atoms. The van der Waals surface area contributed by atoms with Crippen LogP contribution in [0.25, 0.3) is 0 Å². The van der Waals surface area contributed by atoms with Crippen molar-refractivity contribution in [2.24, 2.45) is 0 Å². The molecule has 0 aromatic heterocycles. The topological polar surface area (TPSA) is 81.4 Å². The summed E-state index contributed by atoms with van der Waals surface area (Å²) in [5.74, 6) is 0.189. The molecule has 2 atom stereocenters. The van der Waals surface area contributed by atoms with Gasteiger partial charge in [-0.15, -0.1) is 0 Å². The fourth-order valence-electron chi connectivity index (χ4n) is 1.69. The molecule has 0 saturated heterocycles. The Kier molecular flexibility index (Phi) is 6.51. The van der Waals surface area contributed by atoms with Crippen LogP contribution in [0.2, 0.25) is 0 Å². The highest BCUT2D eigenvalue weighted by atomic mass is 32.2. The summed E-state index contributed by atoms with van der Waals surface area (Å²) in [6.45, 7) is 4.65. The van der Waals surface area contributed by atoms with E-state index in [2.05, 4.69) is 5.32 Å².